The molecule has 0 aromatic rings. The van der Waals surface area contributed by atoms with Crippen molar-refractivity contribution in [2.24, 2.45) is 0 Å². The van der Waals surface area contributed by atoms with Gasteiger partial charge in [0.25, 0.3) is 5.92 Å². The van der Waals surface area contributed by atoms with E-state index in [1.807, 2.05) is 0 Å². The highest BCUT2D eigenvalue weighted by molar-refractivity contribution is 4.80. The average Bonchev–Trinajstić information content (AvgIpc) is 1.84. The van der Waals surface area contributed by atoms with E-state index in [1.54, 1.807) is 0 Å². The fraction of sp³-hybridized carbons (Fsp3) is 1.00. The van der Waals surface area contributed by atoms with Crippen LogP contribution in [0.15, 0.2) is 0 Å². The third kappa shape index (κ3) is 2.61. The number of alkyl halides is 5. The summed E-state index contributed by atoms with van der Waals surface area (Å²) in [5.74, 6) is -4.09. The van der Waals surface area contributed by atoms with Crippen molar-refractivity contribution in [2.75, 3.05) is 0 Å². The molecule has 11 heavy (non-hydrogen) atoms. The normalized spacial score (nSPS) is 16.6. The van der Waals surface area contributed by atoms with Gasteiger partial charge in [-0.1, -0.05) is 6.92 Å². The minimum Gasteiger partial charge on any atom is -0.379 e. The SMILES string of the molecule is CCC(F)(F)C(O)C(F)(F)F. The minimum atomic E-state index is -5.25. The summed E-state index contributed by atoms with van der Waals surface area (Å²) in [5.41, 5.74) is 0. The summed E-state index contributed by atoms with van der Waals surface area (Å²) in [5, 5.41) is 8.04. The van der Waals surface area contributed by atoms with E-state index in [2.05, 4.69) is 0 Å². The van der Waals surface area contributed by atoms with Crippen molar-refractivity contribution in [1.29, 1.82) is 0 Å². The van der Waals surface area contributed by atoms with Gasteiger partial charge in [0, 0.05) is 6.42 Å². The summed E-state index contributed by atoms with van der Waals surface area (Å²) < 4.78 is 58.4. The summed E-state index contributed by atoms with van der Waals surface area (Å²) >= 11 is 0. The van der Waals surface area contributed by atoms with E-state index in [0.29, 0.717) is 0 Å². The summed E-state index contributed by atoms with van der Waals surface area (Å²) in [4.78, 5) is 0. The Kier molecular flexibility index (Phi) is 2.82. The second-order valence-corrected chi connectivity index (χ2v) is 2.06. The molecule has 0 radical (unpaired) electrons. The molecule has 1 N–H and O–H groups in total. The number of rotatable bonds is 2. The van der Waals surface area contributed by atoms with E-state index in [9.17, 15) is 22.0 Å². The monoisotopic (exact) mass is 178 g/mol. The molecule has 1 atom stereocenters. The topological polar surface area (TPSA) is 20.2 Å². The molecule has 0 bridgehead atoms. The fourth-order valence-corrected chi connectivity index (χ4v) is 0.433. The minimum absolute atomic E-state index is 0.870. The van der Waals surface area contributed by atoms with Crippen LogP contribution in [0.25, 0.3) is 0 Å². The molecule has 0 saturated carbocycles. The number of aliphatic hydroxyl groups is 1. The molecule has 0 aromatic carbocycles. The van der Waals surface area contributed by atoms with E-state index in [4.69, 9.17) is 5.11 Å². The maximum Gasteiger partial charge on any atom is 0.420 e. The molecule has 68 valence electrons. The average molecular weight is 178 g/mol. The Balaban J connectivity index is 4.35. The molecule has 0 saturated heterocycles. The molecular weight excluding hydrogens is 171 g/mol. The van der Waals surface area contributed by atoms with Gasteiger partial charge in [-0.25, -0.2) is 8.78 Å². The van der Waals surface area contributed by atoms with Crippen LogP contribution in [0, 0.1) is 0 Å². The first-order valence-corrected chi connectivity index (χ1v) is 2.84. The van der Waals surface area contributed by atoms with Crippen molar-refractivity contribution >= 4 is 0 Å². The summed E-state index contributed by atoms with van der Waals surface area (Å²) in [6.07, 6.45) is -9.84. The van der Waals surface area contributed by atoms with Crippen LogP contribution in [0.1, 0.15) is 13.3 Å². The zero-order chi connectivity index (χ0) is 9.28. The Morgan fingerprint density at radius 1 is 1.18 bits per heavy atom. The van der Waals surface area contributed by atoms with Gasteiger partial charge in [-0.15, -0.1) is 0 Å². The Bertz CT molecular complexity index is 129. The van der Waals surface area contributed by atoms with Crippen LogP contribution in [-0.2, 0) is 0 Å². The predicted molar refractivity (Wildman–Crippen MR) is 27.3 cm³/mol. The molecule has 0 aliphatic rings. The largest absolute Gasteiger partial charge is 0.420 e. The van der Waals surface area contributed by atoms with Gasteiger partial charge in [-0.05, 0) is 0 Å². The third-order valence-corrected chi connectivity index (χ3v) is 1.18. The van der Waals surface area contributed by atoms with Crippen LogP contribution < -0.4 is 0 Å². The van der Waals surface area contributed by atoms with Crippen molar-refractivity contribution in [3.05, 3.63) is 0 Å². The highest BCUT2D eigenvalue weighted by Crippen LogP contribution is 2.33. The molecule has 0 rings (SSSR count). The van der Waals surface area contributed by atoms with Gasteiger partial charge in [0.1, 0.15) is 0 Å². The number of hydrogen-bond acceptors (Lipinski definition) is 1. The highest BCUT2D eigenvalue weighted by Gasteiger charge is 2.53. The lowest BCUT2D eigenvalue weighted by molar-refractivity contribution is -0.269. The lowest BCUT2D eigenvalue weighted by Gasteiger charge is -2.22. The summed E-state index contributed by atoms with van der Waals surface area (Å²) in [7, 11) is 0. The molecule has 0 amide bonds. The highest BCUT2D eigenvalue weighted by atomic mass is 19.4. The maximum atomic E-state index is 12.1. The van der Waals surface area contributed by atoms with Crippen molar-refractivity contribution < 1.29 is 27.1 Å². The molecule has 1 nitrogen and oxygen atoms in total. The van der Waals surface area contributed by atoms with E-state index >= 15 is 0 Å². The Labute approximate surface area is 59.8 Å². The molecule has 0 spiro atoms. The molecule has 0 fully saturated rings. The van der Waals surface area contributed by atoms with Gasteiger partial charge >= 0.3 is 6.18 Å². The van der Waals surface area contributed by atoms with Crippen molar-refractivity contribution in [2.45, 2.75) is 31.5 Å². The zero-order valence-corrected chi connectivity index (χ0v) is 5.62. The van der Waals surface area contributed by atoms with Crippen LogP contribution >= 0.6 is 0 Å². The second kappa shape index (κ2) is 2.92. The van der Waals surface area contributed by atoms with Crippen molar-refractivity contribution in [3.8, 4) is 0 Å². The van der Waals surface area contributed by atoms with E-state index in [0.717, 1.165) is 6.92 Å². The van der Waals surface area contributed by atoms with Gasteiger partial charge in [0.05, 0.1) is 0 Å². The van der Waals surface area contributed by atoms with Gasteiger partial charge in [0.2, 0.25) is 6.10 Å². The van der Waals surface area contributed by atoms with Crippen LogP contribution in [0.5, 0.6) is 0 Å². The first-order valence-electron chi connectivity index (χ1n) is 2.84. The van der Waals surface area contributed by atoms with Crippen LogP contribution in [0.4, 0.5) is 22.0 Å². The van der Waals surface area contributed by atoms with Gasteiger partial charge in [-0.3, -0.25) is 0 Å². The standard InChI is InChI=1S/C5H7F5O/c1-2-4(6,7)3(11)5(8,9)10/h3,11H,2H2,1H3. The molecule has 1 unspecified atom stereocenters. The van der Waals surface area contributed by atoms with Crippen LogP contribution in [-0.4, -0.2) is 23.3 Å². The lowest BCUT2D eigenvalue weighted by atomic mass is 10.1. The smallest absolute Gasteiger partial charge is 0.379 e. The zero-order valence-electron chi connectivity index (χ0n) is 5.62. The molecule has 0 aromatic heterocycles. The maximum absolute atomic E-state index is 12.1. The van der Waals surface area contributed by atoms with Gasteiger partial charge in [0.15, 0.2) is 0 Å². The Hall–Kier alpha value is -0.390. The van der Waals surface area contributed by atoms with E-state index < -0.39 is 24.6 Å². The number of hydrogen-bond donors (Lipinski definition) is 1. The Morgan fingerprint density at radius 2 is 1.55 bits per heavy atom. The first kappa shape index (κ1) is 10.6. The Morgan fingerprint density at radius 3 is 1.64 bits per heavy atom. The molecular formula is C5H7F5O. The molecule has 0 heterocycles. The molecule has 6 heteroatoms. The fourth-order valence-electron chi connectivity index (χ4n) is 0.433. The summed E-state index contributed by atoms with van der Waals surface area (Å²) in [6.45, 7) is 0.870. The van der Waals surface area contributed by atoms with Crippen LogP contribution in [0.3, 0.4) is 0 Å². The second-order valence-electron chi connectivity index (χ2n) is 2.06. The molecule has 0 aliphatic carbocycles. The number of aliphatic hydroxyl groups excluding tert-OH is 1. The predicted octanol–water partition coefficient (Wildman–Crippen LogP) is 1.95. The number of halogens is 5. The van der Waals surface area contributed by atoms with Crippen molar-refractivity contribution in [3.63, 3.8) is 0 Å². The van der Waals surface area contributed by atoms with Crippen molar-refractivity contribution in [1.82, 2.24) is 0 Å². The molecule has 0 aliphatic heterocycles. The van der Waals surface area contributed by atoms with Gasteiger partial charge < -0.3 is 5.11 Å². The third-order valence-electron chi connectivity index (χ3n) is 1.18. The van der Waals surface area contributed by atoms with Gasteiger partial charge in [-0.2, -0.15) is 13.2 Å². The quantitative estimate of drug-likeness (QED) is 0.641. The van der Waals surface area contributed by atoms with Crippen LogP contribution in [0.2, 0.25) is 0 Å². The van der Waals surface area contributed by atoms with E-state index in [1.165, 1.54) is 0 Å². The first-order chi connectivity index (χ1) is 4.72. The van der Waals surface area contributed by atoms with E-state index in [-0.39, 0.29) is 0 Å². The summed E-state index contributed by atoms with van der Waals surface area (Å²) in [6, 6.07) is 0. The lowest BCUT2D eigenvalue weighted by Crippen LogP contribution is -2.44.